The fraction of sp³-hybridized carbons (Fsp3) is 0.417. The van der Waals surface area contributed by atoms with Gasteiger partial charge in [-0.1, -0.05) is 6.07 Å². The number of likely N-dealkylation sites (tertiary alicyclic amines) is 1. The van der Waals surface area contributed by atoms with Crippen LogP contribution in [0.2, 0.25) is 0 Å². The highest BCUT2D eigenvalue weighted by molar-refractivity contribution is 5.95. The lowest BCUT2D eigenvalue weighted by molar-refractivity contribution is -0.137. The monoisotopic (exact) mass is 259 g/mol. The van der Waals surface area contributed by atoms with Crippen molar-refractivity contribution in [2.24, 2.45) is 0 Å². The van der Waals surface area contributed by atoms with Crippen LogP contribution in [0.5, 0.6) is 0 Å². The van der Waals surface area contributed by atoms with E-state index in [9.17, 15) is 23.1 Å². The van der Waals surface area contributed by atoms with Gasteiger partial charge in [0.05, 0.1) is 24.3 Å². The molecule has 3 nitrogen and oxygen atoms in total. The summed E-state index contributed by atoms with van der Waals surface area (Å²) in [5.74, 6) is -0.493. The number of rotatable bonds is 1. The van der Waals surface area contributed by atoms with Crippen molar-refractivity contribution in [2.45, 2.75) is 18.7 Å². The largest absolute Gasteiger partial charge is 0.416 e. The SMILES string of the molecule is CC1(O)CN(C(=O)c2cccc(C(F)(F)F)c2)C1. The number of aliphatic hydroxyl groups is 1. The van der Waals surface area contributed by atoms with E-state index in [1.54, 1.807) is 6.92 Å². The molecule has 1 N–H and O–H groups in total. The molecule has 18 heavy (non-hydrogen) atoms. The van der Waals surface area contributed by atoms with E-state index in [-0.39, 0.29) is 18.7 Å². The summed E-state index contributed by atoms with van der Waals surface area (Å²) in [6.45, 7) is 1.85. The first kappa shape index (κ1) is 12.9. The topological polar surface area (TPSA) is 40.5 Å². The first-order valence-electron chi connectivity index (χ1n) is 5.38. The fourth-order valence-corrected chi connectivity index (χ4v) is 1.93. The molecule has 98 valence electrons. The maximum Gasteiger partial charge on any atom is 0.416 e. The maximum atomic E-state index is 12.5. The number of carbonyl (C=O) groups is 1. The van der Waals surface area contributed by atoms with Crippen molar-refractivity contribution in [1.82, 2.24) is 4.90 Å². The lowest BCUT2D eigenvalue weighted by Crippen LogP contribution is -2.61. The zero-order chi connectivity index (χ0) is 13.6. The number of hydrogen-bond acceptors (Lipinski definition) is 2. The van der Waals surface area contributed by atoms with Gasteiger partial charge in [-0.3, -0.25) is 4.79 Å². The van der Waals surface area contributed by atoms with E-state index in [0.717, 1.165) is 12.1 Å². The van der Waals surface area contributed by atoms with Crippen LogP contribution in [-0.2, 0) is 6.18 Å². The van der Waals surface area contributed by atoms with Crippen LogP contribution in [0.1, 0.15) is 22.8 Å². The van der Waals surface area contributed by atoms with Gasteiger partial charge in [0.2, 0.25) is 0 Å². The van der Waals surface area contributed by atoms with Gasteiger partial charge in [-0.05, 0) is 25.1 Å². The Kier molecular flexibility index (Phi) is 2.85. The Balaban J connectivity index is 2.17. The zero-order valence-corrected chi connectivity index (χ0v) is 9.66. The number of carbonyl (C=O) groups excluding carboxylic acids is 1. The average molecular weight is 259 g/mol. The summed E-state index contributed by atoms with van der Waals surface area (Å²) >= 11 is 0. The first-order chi connectivity index (χ1) is 8.19. The third kappa shape index (κ3) is 2.48. The number of amides is 1. The van der Waals surface area contributed by atoms with E-state index in [1.807, 2.05) is 0 Å². The Morgan fingerprint density at radius 1 is 1.39 bits per heavy atom. The van der Waals surface area contributed by atoms with E-state index in [2.05, 4.69) is 0 Å². The Labute approximate surface area is 102 Å². The Hall–Kier alpha value is -1.56. The van der Waals surface area contributed by atoms with E-state index >= 15 is 0 Å². The lowest BCUT2D eigenvalue weighted by atomic mass is 9.95. The molecule has 1 amide bonds. The summed E-state index contributed by atoms with van der Waals surface area (Å²) in [5, 5.41) is 9.49. The molecule has 1 fully saturated rings. The van der Waals surface area contributed by atoms with Crippen LogP contribution in [0.3, 0.4) is 0 Å². The fourth-order valence-electron chi connectivity index (χ4n) is 1.93. The predicted octanol–water partition coefficient (Wildman–Crippen LogP) is 1.91. The van der Waals surface area contributed by atoms with Crippen molar-refractivity contribution in [3.8, 4) is 0 Å². The molecule has 0 spiro atoms. The molecule has 0 aliphatic carbocycles. The molecule has 2 rings (SSSR count). The molecule has 1 saturated heterocycles. The Bertz CT molecular complexity index is 474. The molecule has 0 saturated carbocycles. The number of halogens is 3. The van der Waals surface area contributed by atoms with Crippen LogP contribution < -0.4 is 0 Å². The maximum absolute atomic E-state index is 12.5. The molecule has 0 atom stereocenters. The van der Waals surface area contributed by atoms with Crippen LogP contribution >= 0.6 is 0 Å². The molecule has 0 radical (unpaired) electrons. The summed E-state index contributed by atoms with van der Waals surface area (Å²) in [7, 11) is 0. The molecular formula is C12H12F3NO2. The lowest BCUT2D eigenvalue weighted by Gasteiger charge is -2.44. The molecule has 1 aromatic rings. The van der Waals surface area contributed by atoms with Crippen molar-refractivity contribution >= 4 is 5.91 Å². The second-order valence-electron chi connectivity index (χ2n) is 4.74. The van der Waals surface area contributed by atoms with Crippen molar-refractivity contribution in [3.05, 3.63) is 35.4 Å². The second-order valence-corrected chi connectivity index (χ2v) is 4.74. The number of alkyl halides is 3. The van der Waals surface area contributed by atoms with Crippen molar-refractivity contribution in [3.63, 3.8) is 0 Å². The van der Waals surface area contributed by atoms with Crippen molar-refractivity contribution < 1.29 is 23.1 Å². The second kappa shape index (κ2) is 3.98. The summed E-state index contributed by atoms with van der Waals surface area (Å²) in [5.41, 5.74) is -1.79. The number of hydrogen-bond donors (Lipinski definition) is 1. The van der Waals surface area contributed by atoms with E-state index in [1.165, 1.54) is 17.0 Å². The van der Waals surface area contributed by atoms with Crippen LogP contribution in [0.15, 0.2) is 24.3 Å². The molecule has 0 unspecified atom stereocenters. The first-order valence-corrected chi connectivity index (χ1v) is 5.38. The number of nitrogens with zero attached hydrogens (tertiary/aromatic N) is 1. The Morgan fingerprint density at radius 2 is 2.00 bits per heavy atom. The van der Waals surface area contributed by atoms with Gasteiger partial charge >= 0.3 is 6.18 Å². The molecule has 0 bridgehead atoms. The van der Waals surface area contributed by atoms with Crippen LogP contribution in [0.4, 0.5) is 13.2 Å². The van der Waals surface area contributed by atoms with Crippen LogP contribution in [0, 0.1) is 0 Å². The molecule has 6 heteroatoms. The molecule has 1 aliphatic rings. The summed E-state index contributed by atoms with van der Waals surface area (Å²) in [6.07, 6.45) is -4.46. The Morgan fingerprint density at radius 3 is 2.50 bits per heavy atom. The molecule has 1 aromatic carbocycles. The highest BCUT2D eigenvalue weighted by Gasteiger charge is 2.40. The van der Waals surface area contributed by atoms with Gasteiger partial charge in [-0.15, -0.1) is 0 Å². The highest BCUT2D eigenvalue weighted by atomic mass is 19.4. The van der Waals surface area contributed by atoms with Gasteiger partial charge in [0.25, 0.3) is 5.91 Å². The molecule has 1 aliphatic heterocycles. The van der Waals surface area contributed by atoms with Gasteiger partial charge in [-0.25, -0.2) is 0 Å². The quantitative estimate of drug-likeness (QED) is 0.837. The normalized spacial score (nSPS) is 18.4. The van der Waals surface area contributed by atoms with Crippen LogP contribution in [-0.4, -0.2) is 34.6 Å². The highest BCUT2D eigenvalue weighted by Crippen LogP contribution is 2.30. The van der Waals surface area contributed by atoms with Gasteiger partial charge < -0.3 is 10.0 Å². The number of benzene rings is 1. The van der Waals surface area contributed by atoms with Gasteiger partial charge in [0.1, 0.15) is 0 Å². The standard InChI is InChI=1S/C12H12F3NO2/c1-11(18)6-16(7-11)10(17)8-3-2-4-9(5-8)12(13,14)15/h2-5,18H,6-7H2,1H3. The van der Waals surface area contributed by atoms with Crippen LogP contribution in [0.25, 0.3) is 0 Å². The molecule has 1 heterocycles. The minimum Gasteiger partial charge on any atom is -0.386 e. The van der Waals surface area contributed by atoms with E-state index in [0.29, 0.717) is 0 Å². The summed E-state index contributed by atoms with van der Waals surface area (Å²) in [4.78, 5) is 13.2. The minimum atomic E-state index is -4.46. The van der Waals surface area contributed by atoms with E-state index < -0.39 is 23.2 Å². The smallest absolute Gasteiger partial charge is 0.386 e. The third-order valence-corrected chi connectivity index (χ3v) is 2.79. The van der Waals surface area contributed by atoms with Gasteiger partial charge in [0, 0.05) is 5.56 Å². The third-order valence-electron chi connectivity index (χ3n) is 2.79. The van der Waals surface area contributed by atoms with Crippen molar-refractivity contribution in [1.29, 1.82) is 0 Å². The van der Waals surface area contributed by atoms with E-state index in [4.69, 9.17) is 0 Å². The predicted molar refractivity (Wildman–Crippen MR) is 58.0 cm³/mol. The average Bonchev–Trinajstić information content (AvgIpc) is 2.24. The number of β-amino-alcohol motifs (C(OH)–C–C–N with tert-alkyl or cyclic N) is 1. The minimum absolute atomic E-state index is 0.0136. The summed E-state index contributed by atoms with van der Waals surface area (Å²) < 4.78 is 37.5. The van der Waals surface area contributed by atoms with Gasteiger partial charge in [0.15, 0.2) is 0 Å². The van der Waals surface area contributed by atoms with Crippen molar-refractivity contribution in [2.75, 3.05) is 13.1 Å². The summed E-state index contributed by atoms with van der Waals surface area (Å²) in [6, 6.07) is 4.29. The zero-order valence-electron chi connectivity index (χ0n) is 9.66. The molecule has 0 aromatic heterocycles. The van der Waals surface area contributed by atoms with Gasteiger partial charge in [-0.2, -0.15) is 13.2 Å². The molecular weight excluding hydrogens is 247 g/mol.